The Balaban J connectivity index is 1.86. The Morgan fingerprint density at radius 1 is 1.12 bits per heavy atom. The van der Waals surface area contributed by atoms with E-state index in [1.807, 2.05) is 36.4 Å². The summed E-state index contributed by atoms with van der Waals surface area (Å²) in [5.41, 5.74) is 7.49. The Labute approximate surface area is 206 Å². The standard InChI is InChI=1S/C26H20BrClN4O/c27-17-7-10-23(33-13-16-5-8-18(28)9-6-16)21(11-17)24-20-4-2-1-3-19(20)22(12-29)25(32)26(24,14-30)15-31/h3,5-11,20,24H,1-2,4,13,32H2/t20-,24-/m1/s1. The lowest BCUT2D eigenvalue weighted by Gasteiger charge is -2.43. The van der Waals surface area contributed by atoms with Gasteiger partial charge < -0.3 is 10.5 Å². The van der Waals surface area contributed by atoms with Gasteiger partial charge in [-0.05, 0) is 66.6 Å². The first-order valence-electron chi connectivity index (χ1n) is 10.5. The Morgan fingerprint density at radius 3 is 2.52 bits per heavy atom. The molecule has 0 bridgehead atoms. The number of nitrogens with two attached hydrogens (primary N) is 1. The van der Waals surface area contributed by atoms with E-state index in [1.165, 1.54) is 0 Å². The molecule has 2 aliphatic rings. The number of fused-ring (bicyclic) bond motifs is 1. The molecule has 2 atom stereocenters. The molecule has 5 nitrogen and oxygen atoms in total. The third-order valence-electron chi connectivity index (χ3n) is 6.41. The van der Waals surface area contributed by atoms with Gasteiger partial charge in [-0.1, -0.05) is 45.7 Å². The average Bonchev–Trinajstić information content (AvgIpc) is 2.83. The van der Waals surface area contributed by atoms with Gasteiger partial charge in [0.25, 0.3) is 0 Å². The second-order valence-electron chi connectivity index (χ2n) is 8.20. The summed E-state index contributed by atoms with van der Waals surface area (Å²) in [6.45, 7) is 0.298. The quantitative estimate of drug-likeness (QED) is 0.512. The van der Waals surface area contributed by atoms with Crippen molar-refractivity contribution in [1.29, 1.82) is 15.8 Å². The first kappa shape index (κ1) is 22.9. The molecule has 33 heavy (non-hydrogen) atoms. The minimum atomic E-state index is -1.68. The molecule has 4 rings (SSSR count). The normalized spacial score (nSPS) is 21.1. The van der Waals surface area contributed by atoms with Crippen LogP contribution >= 0.6 is 27.5 Å². The fourth-order valence-corrected chi connectivity index (χ4v) is 5.36. The number of benzene rings is 2. The van der Waals surface area contributed by atoms with E-state index < -0.39 is 11.3 Å². The van der Waals surface area contributed by atoms with Gasteiger partial charge in [-0.15, -0.1) is 0 Å². The summed E-state index contributed by atoms with van der Waals surface area (Å²) in [6.07, 6.45) is 4.52. The predicted molar refractivity (Wildman–Crippen MR) is 129 cm³/mol. The van der Waals surface area contributed by atoms with E-state index in [9.17, 15) is 15.8 Å². The molecule has 0 unspecified atom stereocenters. The zero-order valence-corrected chi connectivity index (χ0v) is 20.0. The summed E-state index contributed by atoms with van der Waals surface area (Å²) in [7, 11) is 0. The Kier molecular flexibility index (Phi) is 6.48. The van der Waals surface area contributed by atoms with Crippen LogP contribution in [-0.4, -0.2) is 0 Å². The van der Waals surface area contributed by atoms with E-state index in [0.717, 1.165) is 40.4 Å². The number of ether oxygens (including phenoxy) is 1. The highest BCUT2D eigenvalue weighted by atomic mass is 79.9. The molecular weight excluding hydrogens is 500 g/mol. The Bertz CT molecular complexity index is 1260. The highest BCUT2D eigenvalue weighted by Gasteiger charge is 2.54. The maximum atomic E-state index is 10.3. The summed E-state index contributed by atoms with van der Waals surface area (Å²) < 4.78 is 7.00. The van der Waals surface area contributed by atoms with Crippen LogP contribution in [-0.2, 0) is 6.61 Å². The molecule has 0 radical (unpaired) electrons. The maximum absolute atomic E-state index is 10.3. The van der Waals surface area contributed by atoms with Gasteiger partial charge in [0.1, 0.15) is 18.4 Å². The summed E-state index contributed by atoms with van der Waals surface area (Å²) in [6, 6.07) is 19.5. The number of nitriles is 3. The summed E-state index contributed by atoms with van der Waals surface area (Å²) in [5.74, 6) is -0.188. The third kappa shape index (κ3) is 4.00. The van der Waals surface area contributed by atoms with Crippen LogP contribution in [0.2, 0.25) is 5.02 Å². The first-order valence-corrected chi connectivity index (χ1v) is 11.7. The molecule has 0 heterocycles. The molecule has 2 aromatic rings. The number of allylic oxidation sites excluding steroid dienone is 4. The van der Waals surface area contributed by atoms with Crippen LogP contribution in [0.4, 0.5) is 0 Å². The maximum Gasteiger partial charge on any atom is 0.191 e. The van der Waals surface area contributed by atoms with Crippen molar-refractivity contribution in [2.45, 2.75) is 31.8 Å². The SMILES string of the molecule is N#CC1=C(N)C(C#N)(C#N)[C@@H](c2cc(Br)ccc2OCc2ccc(Cl)cc2)[C@@H]2CCCC=C12. The van der Waals surface area contributed by atoms with Crippen molar-refractivity contribution in [2.75, 3.05) is 0 Å². The van der Waals surface area contributed by atoms with Crippen LogP contribution in [0.3, 0.4) is 0 Å². The smallest absolute Gasteiger partial charge is 0.191 e. The molecule has 0 spiro atoms. The van der Waals surface area contributed by atoms with E-state index in [0.29, 0.717) is 17.4 Å². The molecular formula is C26H20BrClN4O. The van der Waals surface area contributed by atoms with Gasteiger partial charge in [-0.3, -0.25) is 0 Å². The van der Waals surface area contributed by atoms with Gasteiger partial charge in [0.15, 0.2) is 5.41 Å². The van der Waals surface area contributed by atoms with E-state index >= 15 is 0 Å². The largest absolute Gasteiger partial charge is 0.489 e. The number of halogens is 2. The minimum absolute atomic E-state index is 0.0213. The molecule has 164 valence electrons. The molecule has 0 aromatic heterocycles. The van der Waals surface area contributed by atoms with Crippen molar-refractivity contribution in [3.05, 3.63) is 86.0 Å². The minimum Gasteiger partial charge on any atom is -0.489 e. The number of hydrogen-bond acceptors (Lipinski definition) is 5. The monoisotopic (exact) mass is 518 g/mol. The predicted octanol–water partition coefficient (Wildman–Crippen LogP) is 6.28. The highest BCUT2D eigenvalue weighted by Crippen LogP contribution is 2.57. The first-order chi connectivity index (χ1) is 15.9. The van der Waals surface area contributed by atoms with Crippen molar-refractivity contribution in [3.63, 3.8) is 0 Å². The van der Waals surface area contributed by atoms with E-state index in [-0.39, 0.29) is 17.2 Å². The molecule has 0 saturated heterocycles. The van der Waals surface area contributed by atoms with Crippen molar-refractivity contribution < 1.29 is 4.74 Å². The second-order valence-corrected chi connectivity index (χ2v) is 9.56. The van der Waals surface area contributed by atoms with Gasteiger partial charge in [-0.25, -0.2) is 0 Å². The molecule has 7 heteroatoms. The van der Waals surface area contributed by atoms with Crippen LogP contribution in [0.1, 0.15) is 36.3 Å². The molecule has 0 aliphatic heterocycles. The van der Waals surface area contributed by atoms with Gasteiger partial charge in [0.2, 0.25) is 0 Å². The fourth-order valence-electron chi connectivity index (χ4n) is 4.85. The zero-order chi connectivity index (χ0) is 23.6. The van der Waals surface area contributed by atoms with E-state index in [2.05, 4.69) is 34.1 Å². The third-order valence-corrected chi connectivity index (χ3v) is 7.16. The van der Waals surface area contributed by atoms with Crippen LogP contribution in [0.25, 0.3) is 0 Å². The topological polar surface area (TPSA) is 107 Å². The van der Waals surface area contributed by atoms with Gasteiger partial charge >= 0.3 is 0 Å². The van der Waals surface area contributed by atoms with Crippen LogP contribution in [0.5, 0.6) is 5.75 Å². The van der Waals surface area contributed by atoms with Gasteiger partial charge in [0.05, 0.1) is 23.4 Å². The van der Waals surface area contributed by atoms with Crippen LogP contribution in [0.15, 0.2) is 69.9 Å². The lowest BCUT2D eigenvalue weighted by atomic mass is 9.56. The molecule has 0 fully saturated rings. The van der Waals surface area contributed by atoms with E-state index in [1.54, 1.807) is 12.1 Å². The molecule has 2 N–H and O–H groups in total. The van der Waals surface area contributed by atoms with E-state index in [4.69, 9.17) is 22.1 Å². The number of hydrogen-bond donors (Lipinski definition) is 1. The number of nitrogens with zero attached hydrogens (tertiary/aromatic N) is 3. The molecule has 0 saturated carbocycles. The fraction of sp³-hybridized carbons (Fsp3) is 0.269. The van der Waals surface area contributed by atoms with Gasteiger partial charge in [0, 0.05) is 21.0 Å². The molecule has 0 amide bonds. The summed E-state index contributed by atoms with van der Waals surface area (Å²) >= 11 is 9.52. The van der Waals surface area contributed by atoms with Crippen LogP contribution in [0, 0.1) is 45.3 Å². The molecule has 2 aromatic carbocycles. The van der Waals surface area contributed by atoms with Crippen molar-refractivity contribution in [2.24, 2.45) is 17.1 Å². The summed E-state index contributed by atoms with van der Waals surface area (Å²) in [4.78, 5) is 0. The number of rotatable bonds is 4. The van der Waals surface area contributed by atoms with Crippen molar-refractivity contribution in [1.82, 2.24) is 0 Å². The lowest BCUT2D eigenvalue weighted by molar-refractivity contribution is 0.276. The second kappa shape index (κ2) is 9.32. The zero-order valence-electron chi connectivity index (χ0n) is 17.7. The molecule has 2 aliphatic carbocycles. The summed E-state index contributed by atoms with van der Waals surface area (Å²) in [5, 5.41) is 31.0. The highest BCUT2D eigenvalue weighted by molar-refractivity contribution is 9.10. The Hall–Kier alpha value is -3.24. The van der Waals surface area contributed by atoms with Crippen LogP contribution < -0.4 is 10.5 Å². The lowest BCUT2D eigenvalue weighted by Crippen LogP contribution is -2.42. The average molecular weight is 520 g/mol. The Morgan fingerprint density at radius 2 is 1.85 bits per heavy atom. The van der Waals surface area contributed by atoms with Crippen molar-refractivity contribution in [3.8, 4) is 24.0 Å². The van der Waals surface area contributed by atoms with Gasteiger partial charge in [-0.2, -0.15) is 15.8 Å². The van der Waals surface area contributed by atoms with Crippen molar-refractivity contribution >= 4 is 27.5 Å².